The van der Waals surface area contributed by atoms with E-state index in [0.29, 0.717) is 24.0 Å². The van der Waals surface area contributed by atoms with Crippen molar-refractivity contribution in [1.82, 2.24) is 0 Å². The molecule has 124 valence electrons. The third kappa shape index (κ3) is 3.16. The summed E-state index contributed by atoms with van der Waals surface area (Å²) in [7, 11) is -1.78. The summed E-state index contributed by atoms with van der Waals surface area (Å²) in [5, 5.41) is 0.208. The van der Waals surface area contributed by atoms with Crippen molar-refractivity contribution in [3.05, 3.63) is 24.3 Å². The highest BCUT2D eigenvalue weighted by atomic mass is 28.4. The van der Waals surface area contributed by atoms with Gasteiger partial charge in [-0.05, 0) is 55.3 Å². The Morgan fingerprint density at radius 1 is 1.45 bits per heavy atom. The topological polar surface area (TPSA) is 26.3 Å². The van der Waals surface area contributed by atoms with Gasteiger partial charge in [-0.2, -0.15) is 0 Å². The Balaban J connectivity index is 2.22. The molecule has 2 nitrogen and oxygen atoms in total. The van der Waals surface area contributed by atoms with E-state index < -0.39 is 8.32 Å². The van der Waals surface area contributed by atoms with Crippen molar-refractivity contribution >= 4 is 14.1 Å². The average Bonchev–Trinajstić information content (AvgIpc) is 2.74. The fraction of sp³-hybridized carbons (Fsp3) is 0.737. The summed E-state index contributed by atoms with van der Waals surface area (Å²) in [6.07, 6.45) is 7.10. The number of carbonyl (C=O) groups is 1. The summed E-state index contributed by atoms with van der Waals surface area (Å²) in [5.74, 6) is 1.29. The van der Waals surface area contributed by atoms with Gasteiger partial charge in [-0.15, -0.1) is 6.58 Å². The number of ketones is 1. The Bertz CT molecular complexity index is 498. The first kappa shape index (κ1) is 17.7. The van der Waals surface area contributed by atoms with Gasteiger partial charge in [-0.1, -0.05) is 32.9 Å². The summed E-state index contributed by atoms with van der Waals surface area (Å²) in [6, 6.07) is 0. The van der Waals surface area contributed by atoms with Gasteiger partial charge in [0.2, 0.25) is 0 Å². The Morgan fingerprint density at radius 3 is 2.64 bits per heavy atom. The van der Waals surface area contributed by atoms with Crippen LogP contribution >= 0.6 is 0 Å². The van der Waals surface area contributed by atoms with Gasteiger partial charge in [0.05, 0.1) is 0 Å². The zero-order valence-electron chi connectivity index (χ0n) is 15.2. The van der Waals surface area contributed by atoms with Crippen LogP contribution < -0.4 is 0 Å². The first-order valence-corrected chi connectivity index (χ1v) is 11.4. The van der Waals surface area contributed by atoms with Crippen molar-refractivity contribution < 1.29 is 9.22 Å². The number of fused-ring (bicyclic) bond motifs is 1. The average molecular weight is 321 g/mol. The lowest BCUT2D eigenvalue weighted by Gasteiger charge is -2.43. The Kier molecular flexibility index (Phi) is 4.62. The smallest absolute Gasteiger partial charge is 0.192 e. The minimum absolute atomic E-state index is 0.00493. The molecule has 0 saturated heterocycles. The predicted octanol–water partition coefficient (Wildman–Crippen LogP) is 5.13. The van der Waals surface area contributed by atoms with Crippen LogP contribution in [0, 0.1) is 17.3 Å². The fourth-order valence-corrected chi connectivity index (χ4v) is 4.65. The van der Waals surface area contributed by atoms with E-state index in [1.165, 1.54) is 0 Å². The fourth-order valence-electron chi connectivity index (χ4n) is 3.57. The molecule has 3 atom stereocenters. The van der Waals surface area contributed by atoms with E-state index in [2.05, 4.69) is 52.6 Å². The van der Waals surface area contributed by atoms with Crippen molar-refractivity contribution in [2.45, 2.75) is 65.1 Å². The van der Waals surface area contributed by atoms with E-state index in [0.717, 1.165) is 25.0 Å². The van der Waals surface area contributed by atoms with E-state index in [9.17, 15) is 4.79 Å². The molecule has 22 heavy (non-hydrogen) atoms. The van der Waals surface area contributed by atoms with Crippen LogP contribution in [0.1, 0.15) is 47.0 Å². The van der Waals surface area contributed by atoms with Crippen LogP contribution in [-0.4, -0.2) is 20.7 Å². The Labute approximate surface area is 137 Å². The van der Waals surface area contributed by atoms with Gasteiger partial charge in [-0.25, -0.2) is 0 Å². The molecular weight excluding hydrogens is 288 g/mol. The first-order valence-electron chi connectivity index (χ1n) is 8.49. The van der Waals surface area contributed by atoms with Gasteiger partial charge < -0.3 is 4.43 Å². The molecular formula is C19H32O2Si. The lowest BCUT2D eigenvalue weighted by Crippen LogP contribution is -2.46. The quantitative estimate of drug-likeness (QED) is 0.530. The van der Waals surface area contributed by atoms with Crippen LogP contribution in [0.5, 0.6) is 0 Å². The highest BCUT2D eigenvalue weighted by Crippen LogP contribution is 2.54. The highest BCUT2D eigenvalue weighted by Gasteiger charge is 2.50. The molecule has 0 aromatic rings. The normalized spacial score (nSPS) is 32.6. The maximum atomic E-state index is 12.3. The number of hydrogen-bond donors (Lipinski definition) is 0. The highest BCUT2D eigenvalue weighted by molar-refractivity contribution is 6.74. The largest absolute Gasteiger partial charge is 0.416 e. The molecule has 0 radical (unpaired) electrons. The van der Waals surface area contributed by atoms with E-state index in [1.54, 1.807) is 0 Å². The second-order valence-electron chi connectivity index (χ2n) is 8.90. The molecule has 0 N–H and O–H groups in total. The molecule has 0 amide bonds. The molecule has 1 saturated carbocycles. The number of rotatable bonds is 4. The third-order valence-corrected chi connectivity index (χ3v) is 10.8. The second-order valence-corrected chi connectivity index (χ2v) is 13.7. The summed E-state index contributed by atoms with van der Waals surface area (Å²) < 4.78 is 6.54. The molecule has 0 aromatic carbocycles. The van der Waals surface area contributed by atoms with Gasteiger partial charge >= 0.3 is 0 Å². The lowest BCUT2D eigenvalue weighted by molar-refractivity contribution is -0.119. The van der Waals surface area contributed by atoms with Crippen molar-refractivity contribution in [1.29, 1.82) is 0 Å². The zero-order chi connectivity index (χ0) is 16.8. The minimum atomic E-state index is -1.78. The maximum Gasteiger partial charge on any atom is 0.192 e. The van der Waals surface area contributed by atoms with Crippen LogP contribution in [0.4, 0.5) is 0 Å². The van der Waals surface area contributed by atoms with E-state index in [-0.39, 0.29) is 10.5 Å². The molecule has 0 spiro atoms. The molecule has 1 fully saturated rings. The zero-order valence-corrected chi connectivity index (χ0v) is 16.2. The van der Waals surface area contributed by atoms with Crippen LogP contribution in [0.3, 0.4) is 0 Å². The van der Waals surface area contributed by atoms with Crippen molar-refractivity contribution in [2.24, 2.45) is 17.3 Å². The third-order valence-electron chi connectivity index (χ3n) is 6.28. The molecule has 2 rings (SSSR count). The van der Waals surface area contributed by atoms with E-state index >= 15 is 0 Å². The standard InChI is InChI=1S/C19H32O2Si/c1-8-15-10-16-9-14(2)17(20)12-19(16,11-15)13-21-22(6,7)18(3,4)5/h8-9,15-16H,1,10-13H2,2-7H3/t15-,16+,19+/m0/s1. The van der Waals surface area contributed by atoms with Gasteiger partial charge in [0.1, 0.15) is 0 Å². The summed E-state index contributed by atoms with van der Waals surface area (Å²) in [6.45, 7) is 18.1. The number of allylic oxidation sites excluding steroid dienone is 3. The van der Waals surface area contributed by atoms with E-state index in [4.69, 9.17) is 4.43 Å². The summed E-state index contributed by atoms with van der Waals surface area (Å²) in [5.41, 5.74) is 0.947. The monoisotopic (exact) mass is 320 g/mol. The first-order chi connectivity index (χ1) is 10.0. The molecule has 0 bridgehead atoms. The van der Waals surface area contributed by atoms with E-state index in [1.807, 2.05) is 6.92 Å². The van der Waals surface area contributed by atoms with Crippen LogP contribution in [0.25, 0.3) is 0 Å². The van der Waals surface area contributed by atoms with Gasteiger partial charge in [0.25, 0.3) is 0 Å². The molecule has 2 aliphatic rings. The number of carbonyl (C=O) groups excluding carboxylic acids is 1. The number of hydrogen-bond acceptors (Lipinski definition) is 2. The summed E-state index contributed by atoms with van der Waals surface area (Å²) in [4.78, 5) is 12.3. The van der Waals surface area contributed by atoms with Crippen LogP contribution in [0.2, 0.25) is 18.1 Å². The SMILES string of the molecule is C=C[C@H]1C[C@H]2C=C(C)C(=O)C[C@@]2(CO[Si](C)(C)C(C)(C)C)C1. The molecule has 2 aliphatic carbocycles. The Morgan fingerprint density at radius 2 is 2.09 bits per heavy atom. The molecule has 0 heterocycles. The Hall–Kier alpha value is -0.673. The molecule has 0 aromatic heterocycles. The van der Waals surface area contributed by atoms with Crippen LogP contribution in [0.15, 0.2) is 24.3 Å². The van der Waals surface area contributed by atoms with Crippen molar-refractivity contribution in [3.63, 3.8) is 0 Å². The predicted molar refractivity (Wildman–Crippen MR) is 95.4 cm³/mol. The van der Waals surface area contributed by atoms with Gasteiger partial charge in [0.15, 0.2) is 14.1 Å². The van der Waals surface area contributed by atoms with Crippen LogP contribution in [-0.2, 0) is 9.22 Å². The number of Topliss-reactive ketones (excluding diaryl/α,β-unsaturated/α-hetero) is 1. The minimum Gasteiger partial charge on any atom is -0.416 e. The maximum absolute atomic E-state index is 12.3. The van der Waals surface area contributed by atoms with Gasteiger partial charge in [-0.3, -0.25) is 4.79 Å². The van der Waals surface area contributed by atoms with Crippen molar-refractivity contribution in [2.75, 3.05) is 6.61 Å². The van der Waals surface area contributed by atoms with Gasteiger partial charge in [0, 0.05) is 18.4 Å². The lowest BCUT2D eigenvalue weighted by atomic mass is 9.69. The summed E-state index contributed by atoms with van der Waals surface area (Å²) >= 11 is 0. The second kappa shape index (κ2) is 5.75. The molecule has 3 heteroatoms. The van der Waals surface area contributed by atoms with Crippen molar-refractivity contribution in [3.8, 4) is 0 Å². The molecule has 0 unspecified atom stereocenters. The molecule has 0 aliphatic heterocycles.